The lowest BCUT2D eigenvalue weighted by atomic mass is 9.66. The summed E-state index contributed by atoms with van der Waals surface area (Å²) in [5.74, 6) is 1.75. The molecule has 208 valence electrons. The van der Waals surface area contributed by atoms with Crippen molar-refractivity contribution in [3.63, 3.8) is 0 Å². The Hall–Kier alpha value is -5.73. The molecule has 1 spiro atoms. The minimum atomic E-state index is -0.502. The number of hydrogen-bond acceptors (Lipinski definition) is 2. The van der Waals surface area contributed by atoms with Gasteiger partial charge in [0.05, 0.1) is 11.1 Å². The zero-order valence-corrected chi connectivity index (χ0v) is 24.1. The minimum absolute atomic E-state index is 0.439. The molecule has 44 heavy (non-hydrogen) atoms. The molecule has 2 nitrogen and oxygen atoms in total. The maximum absolute atomic E-state index is 8.82. The highest BCUT2D eigenvalue weighted by atomic mass is 16.5. The molecule has 0 saturated carbocycles. The second-order valence-corrected chi connectivity index (χ2v) is 11.4. The first-order chi connectivity index (χ1) is 21.6. The van der Waals surface area contributed by atoms with E-state index in [1.807, 2.05) is 60.7 Å². The molecule has 0 saturated heterocycles. The van der Waals surface area contributed by atoms with Crippen molar-refractivity contribution in [1.29, 1.82) is 5.41 Å². The van der Waals surface area contributed by atoms with Crippen molar-refractivity contribution in [3.05, 3.63) is 198 Å². The van der Waals surface area contributed by atoms with E-state index >= 15 is 0 Å². The molecular weight excluding hydrogens is 534 g/mol. The molecule has 6 aromatic carbocycles. The van der Waals surface area contributed by atoms with Crippen LogP contribution in [0.5, 0.6) is 11.5 Å². The van der Waals surface area contributed by atoms with Gasteiger partial charge in [-0.2, -0.15) is 0 Å². The van der Waals surface area contributed by atoms with Gasteiger partial charge in [0.2, 0.25) is 0 Å². The van der Waals surface area contributed by atoms with Crippen LogP contribution in [-0.4, -0.2) is 5.71 Å². The third-order valence-corrected chi connectivity index (χ3v) is 8.95. The third kappa shape index (κ3) is 3.92. The first kappa shape index (κ1) is 25.9. The summed E-state index contributed by atoms with van der Waals surface area (Å²) in [6.07, 6.45) is 3.74. The van der Waals surface area contributed by atoms with Crippen LogP contribution in [-0.2, 0) is 5.41 Å². The Bertz CT molecular complexity index is 2090. The zero-order chi connectivity index (χ0) is 29.7. The van der Waals surface area contributed by atoms with Crippen LogP contribution in [0.3, 0.4) is 0 Å². The van der Waals surface area contributed by atoms with Gasteiger partial charge in [0.1, 0.15) is 11.5 Å². The lowest BCUT2D eigenvalue weighted by Gasteiger charge is -2.39. The maximum atomic E-state index is 8.82. The number of benzene rings is 6. The van der Waals surface area contributed by atoms with Crippen LogP contribution in [0.2, 0.25) is 0 Å². The van der Waals surface area contributed by atoms with Gasteiger partial charge in [-0.1, -0.05) is 134 Å². The van der Waals surface area contributed by atoms with Crippen LogP contribution in [0.1, 0.15) is 33.4 Å². The number of hydrogen-bond donors (Lipinski definition) is 1. The zero-order valence-electron chi connectivity index (χ0n) is 24.1. The Balaban J connectivity index is 1.25. The number of fused-ring (bicyclic) bond motifs is 9. The summed E-state index contributed by atoms with van der Waals surface area (Å²) in [4.78, 5) is 0. The van der Waals surface area contributed by atoms with Crippen molar-refractivity contribution < 1.29 is 4.74 Å². The second-order valence-electron chi connectivity index (χ2n) is 11.4. The molecule has 1 heterocycles. The second kappa shape index (κ2) is 10.2. The van der Waals surface area contributed by atoms with Gasteiger partial charge in [-0.15, -0.1) is 0 Å². The molecule has 0 fully saturated rings. The van der Waals surface area contributed by atoms with Crippen molar-refractivity contribution in [2.45, 2.75) is 5.41 Å². The quantitative estimate of drug-likeness (QED) is 0.164. The topological polar surface area (TPSA) is 33.1 Å². The van der Waals surface area contributed by atoms with Gasteiger partial charge in [0, 0.05) is 11.1 Å². The fraction of sp³-hybridized carbons (Fsp3) is 0.0238. The van der Waals surface area contributed by atoms with E-state index in [1.165, 1.54) is 22.3 Å². The van der Waals surface area contributed by atoms with E-state index in [-0.39, 0.29) is 0 Å². The Labute approximate surface area is 257 Å². The summed E-state index contributed by atoms with van der Waals surface area (Å²) in [6, 6.07) is 50.8. The first-order valence-electron chi connectivity index (χ1n) is 14.9. The molecule has 0 amide bonds. The van der Waals surface area contributed by atoms with Crippen molar-refractivity contribution in [1.82, 2.24) is 0 Å². The summed E-state index contributed by atoms with van der Waals surface area (Å²) >= 11 is 0. The molecule has 1 N–H and O–H groups in total. The number of allylic oxidation sites excluding steroid dienone is 3. The third-order valence-electron chi connectivity index (χ3n) is 8.95. The fourth-order valence-corrected chi connectivity index (χ4v) is 6.93. The predicted molar refractivity (Wildman–Crippen MR) is 181 cm³/mol. The first-order valence-corrected chi connectivity index (χ1v) is 14.9. The normalized spacial score (nSPS) is 13.5. The van der Waals surface area contributed by atoms with Gasteiger partial charge in [0.15, 0.2) is 0 Å². The monoisotopic (exact) mass is 563 g/mol. The summed E-state index contributed by atoms with van der Waals surface area (Å²) in [6.45, 7) is 4.18. The van der Waals surface area contributed by atoms with Gasteiger partial charge < -0.3 is 10.1 Å². The van der Waals surface area contributed by atoms with Gasteiger partial charge in [-0.25, -0.2) is 0 Å². The van der Waals surface area contributed by atoms with Gasteiger partial charge >= 0.3 is 0 Å². The van der Waals surface area contributed by atoms with Gasteiger partial charge in [0.25, 0.3) is 0 Å². The average Bonchev–Trinajstić information content (AvgIpc) is 3.38. The van der Waals surface area contributed by atoms with Crippen molar-refractivity contribution in [2.24, 2.45) is 0 Å². The van der Waals surface area contributed by atoms with E-state index in [1.54, 1.807) is 0 Å². The summed E-state index contributed by atoms with van der Waals surface area (Å²) in [5.41, 5.74) is 12.2. The van der Waals surface area contributed by atoms with Crippen molar-refractivity contribution >= 4 is 11.3 Å². The molecule has 0 atom stereocenters. The molecule has 0 bridgehead atoms. The predicted octanol–water partition coefficient (Wildman–Crippen LogP) is 10.5. The minimum Gasteiger partial charge on any atom is -0.457 e. The van der Waals surface area contributed by atoms with Gasteiger partial charge in [-0.05, 0) is 80.4 Å². The average molecular weight is 564 g/mol. The number of nitrogens with one attached hydrogen (secondary N) is 1. The van der Waals surface area contributed by atoms with E-state index in [0.717, 1.165) is 50.5 Å². The molecule has 1 aliphatic heterocycles. The summed E-state index contributed by atoms with van der Waals surface area (Å²) < 4.78 is 6.59. The van der Waals surface area contributed by atoms with Crippen LogP contribution < -0.4 is 4.74 Å². The Morgan fingerprint density at radius 2 is 1.11 bits per heavy atom. The number of para-hydroxylation sites is 1. The molecular formula is C42H29NO. The molecule has 2 heteroatoms. The highest BCUT2D eigenvalue weighted by Gasteiger charge is 2.50. The number of ether oxygens (including phenoxy) is 1. The SMILES string of the molecule is C=C(/C=C\C(=N)c1cccc(-c2ccc3c(c2)C2(c4ccccc4O3)c3ccccc3-c3ccccc32)c1)c1ccccc1. The Morgan fingerprint density at radius 1 is 0.523 bits per heavy atom. The molecule has 0 unspecified atom stereocenters. The van der Waals surface area contributed by atoms with Crippen LogP contribution in [0.4, 0.5) is 0 Å². The van der Waals surface area contributed by atoms with Crippen LogP contribution in [0.25, 0.3) is 27.8 Å². The highest BCUT2D eigenvalue weighted by Crippen LogP contribution is 2.62. The Kier molecular flexibility index (Phi) is 6.02. The highest BCUT2D eigenvalue weighted by molar-refractivity contribution is 6.08. The lowest BCUT2D eigenvalue weighted by Crippen LogP contribution is -2.32. The van der Waals surface area contributed by atoms with E-state index in [4.69, 9.17) is 10.1 Å². The van der Waals surface area contributed by atoms with E-state index in [0.29, 0.717) is 5.71 Å². The molecule has 6 aromatic rings. The summed E-state index contributed by atoms with van der Waals surface area (Å²) in [5, 5.41) is 8.82. The van der Waals surface area contributed by atoms with Gasteiger partial charge in [-0.3, -0.25) is 0 Å². The van der Waals surface area contributed by atoms with Crippen LogP contribution in [0, 0.1) is 5.41 Å². The summed E-state index contributed by atoms with van der Waals surface area (Å²) in [7, 11) is 0. The molecule has 0 radical (unpaired) electrons. The van der Waals surface area contributed by atoms with E-state index in [2.05, 4.69) is 104 Å². The van der Waals surface area contributed by atoms with Crippen molar-refractivity contribution in [2.75, 3.05) is 0 Å². The van der Waals surface area contributed by atoms with Crippen LogP contribution in [0.15, 0.2) is 164 Å². The fourth-order valence-electron chi connectivity index (χ4n) is 6.93. The maximum Gasteiger partial charge on any atom is 0.132 e. The standard InChI is InChI=1S/C42H29NO/c1-28(29-12-3-2-4-13-29)22-24-39(43)32-15-11-14-30(26-32)31-23-25-41-38(27-31)42(37-20-9-10-21-40(37)44-41)35-18-7-5-16-33(35)34-17-6-8-19-36(34)42/h2-27,43H,1H2/b24-22-,43-39?. The smallest absolute Gasteiger partial charge is 0.132 e. The molecule has 0 aromatic heterocycles. The molecule has 8 rings (SSSR count). The largest absolute Gasteiger partial charge is 0.457 e. The van der Waals surface area contributed by atoms with E-state index in [9.17, 15) is 0 Å². The van der Waals surface area contributed by atoms with Crippen LogP contribution >= 0.6 is 0 Å². The Morgan fingerprint density at radius 3 is 1.86 bits per heavy atom. The van der Waals surface area contributed by atoms with E-state index < -0.39 is 5.41 Å². The van der Waals surface area contributed by atoms with Crippen molar-refractivity contribution in [3.8, 4) is 33.8 Å². The molecule has 1 aliphatic carbocycles. The molecule has 2 aliphatic rings. The number of rotatable bonds is 5. The lowest BCUT2D eigenvalue weighted by molar-refractivity contribution is 0.436.